The molecule has 5 heterocycles. The number of aldehydes is 1. The first kappa shape index (κ1) is 26.9. The predicted molar refractivity (Wildman–Crippen MR) is 165 cm³/mol. The summed E-state index contributed by atoms with van der Waals surface area (Å²) in [6, 6.07) is 0. The molecule has 0 amide bonds. The average molecular weight is 600 g/mol. The molecular formula is C33H35BrN4O2. The molecule has 1 aliphatic carbocycles. The molecule has 1 saturated heterocycles. The fourth-order valence-corrected chi connectivity index (χ4v) is 7.79. The monoisotopic (exact) mass is 598 g/mol. The molecule has 0 radical (unpaired) electrons. The molecule has 2 atom stereocenters. The minimum Gasteiger partial charge on any atom is -0.511 e. The Balaban J connectivity index is 1.65. The van der Waals surface area contributed by atoms with Gasteiger partial charge in [0.2, 0.25) is 0 Å². The molecule has 0 spiro atoms. The molecule has 6 nitrogen and oxygen atoms in total. The fraction of sp³-hybridized carbons (Fsp3) is 0.394. The van der Waals surface area contributed by atoms with E-state index in [-0.39, 0.29) is 11.8 Å². The van der Waals surface area contributed by atoms with Crippen LogP contribution in [0.25, 0.3) is 0 Å². The highest BCUT2D eigenvalue weighted by Gasteiger charge is 2.42. The van der Waals surface area contributed by atoms with Crippen molar-refractivity contribution in [3.05, 3.63) is 89.9 Å². The Labute approximate surface area is 244 Å². The van der Waals surface area contributed by atoms with Crippen molar-refractivity contribution in [2.45, 2.75) is 73.6 Å². The van der Waals surface area contributed by atoms with Crippen LogP contribution in [0.15, 0.2) is 105 Å². The van der Waals surface area contributed by atoms with Crippen LogP contribution in [0, 0.1) is 11.8 Å². The van der Waals surface area contributed by atoms with Gasteiger partial charge in [-0.2, -0.15) is 0 Å². The smallest absolute Gasteiger partial charge is 0.120 e. The van der Waals surface area contributed by atoms with Crippen LogP contribution in [0.1, 0.15) is 73.6 Å². The van der Waals surface area contributed by atoms with Crippen molar-refractivity contribution in [3.8, 4) is 0 Å². The minimum atomic E-state index is 0.0989. The van der Waals surface area contributed by atoms with Crippen molar-refractivity contribution < 1.29 is 9.90 Å². The summed E-state index contributed by atoms with van der Waals surface area (Å²) in [7, 11) is 0. The van der Waals surface area contributed by atoms with Gasteiger partial charge in [0, 0.05) is 47.2 Å². The van der Waals surface area contributed by atoms with Crippen LogP contribution in [0.3, 0.4) is 0 Å². The third kappa shape index (κ3) is 3.88. The highest BCUT2D eigenvalue weighted by atomic mass is 79.9. The van der Waals surface area contributed by atoms with E-state index in [9.17, 15) is 9.90 Å². The minimum absolute atomic E-state index is 0.0989. The zero-order chi connectivity index (χ0) is 28.5. The number of hydrogen-bond donors (Lipinski definition) is 2. The number of allylic oxidation sites excluding steroid dienone is 12. The third-order valence-corrected chi connectivity index (χ3v) is 10.0. The molecule has 0 aromatic heterocycles. The molecular weight excluding hydrogens is 564 g/mol. The Kier molecular flexibility index (Phi) is 6.68. The third-order valence-electron chi connectivity index (χ3n) is 9.20. The number of halogens is 1. The summed E-state index contributed by atoms with van der Waals surface area (Å²) in [4.78, 5) is 26.8. The molecule has 40 heavy (non-hydrogen) atoms. The number of aliphatic hydroxyl groups excluding tert-OH is 1. The zero-order valence-electron chi connectivity index (χ0n) is 24.0. The van der Waals surface area contributed by atoms with Gasteiger partial charge in [0.05, 0.1) is 38.7 Å². The van der Waals surface area contributed by atoms with Gasteiger partial charge in [-0.1, -0.05) is 20.8 Å². The average Bonchev–Trinajstić information content (AvgIpc) is 3.68. The van der Waals surface area contributed by atoms with Crippen LogP contribution in [-0.4, -0.2) is 28.5 Å². The van der Waals surface area contributed by atoms with E-state index in [4.69, 9.17) is 15.0 Å². The van der Waals surface area contributed by atoms with Gasteiger partial charge in [-0.25, -0.2) is 15.0 Å². The number of hydrogen-bond acceptors (Lipinski definition) is 6. The van der Waals surface area contributed by atoms with Crippen LogP contribution in [0.5, 0.6) is 0 Å². The lowest BCUT2D eigenvalue weighted by Gasteiger charge is -2.17. The Morgan fingerprint density at radius 2 is 1.68 bits per heavy atom. The summed E-state index contributed by atoms with van der Waals surface area (Å²) in [6.07, 6.45) is 8.57. The molecule has 206 valence electrons. The Hall–Kier alpha value is -3.32. The molecule has 0 unspecified atom stereocenters. The molecule has 0 aromatic rings. The Bertz CT molecular complexity index is 1630. The van der Waals surface area contributed by atoms with E-state index in [0.29, 0.717) is 18.6 Å². The lowest BCUT2D eigenvalue weighted by atomic mass is 9.86. The second-order valence-corrected chi connectivity index (χ2v) is 12.1. The van der Waals surface area contributed by atoms with Crippen molar-refractivity contribution in [1.29, 1.82) is 0 Å². The maximum absolute atomic E-state index is 11.4. The number of nitrogens with one attached hydrogen (secondary N) is 1. The quantitative estimate of drug-likeness (QED) is 0.317. The molecule has 2 N–H and O–H groups in total. The maximum atomic E-state index is 11.4. The van der Waals surface area contributed by atoms with Crippen molar-refractivity contribution in [2.24, 2.45) is 26.8 Å². The lowest BCUT2D eigenvalue weighted by Crippen LogP contribution is -2.15. The normalized spacial score (nSPS) is 25.7. The summed E-state index contributed by atoms with van der Waals surface area (Å²) in [5.74, 6) is 0.579. The molecule has 0 aromatic carbocycles. The van der Waals surface area contributed by atoms with E-state index in [1.54, 1.807) is 0 Å². The van der Waals surface area contributed by atoms with Gasteiger partial charge in [0.15, 0.2) is 0 Å². The number of fused-ring (bicyclic) bond motifs is 5. The van der Waals surface area contributed by atoms with Gasteiger partial charge in [-0.15, -0.1) is 0 Å². The number of carbonyl (C=O) groups excluding carboxylic acids is 1. The summed E-state index contributed by atoms with van der Waals surface area (Å²) in [5.41, 5.74) is 15.1. The van der Waals surface area contributed by atoms with Crippen molar-refractivity contribution in [2.75, 3.05) is 0 Å². The van der Waals surface area contributed by atoms with E-state index in [2.05, 4.69) is 68.0 Å². The number of rotatable bonds is 5. The summed E-state index contributed by atoms with van der Waals surface area (Å²) < 4.78 is 0.944. The molecule has 1 fully saturated rings. The predicted octanol–water partition coefficient (Wildman–Crippen LogP) is 7.77. The van der Waals surface area contributed by atoms with Gasteiger partial charge in [-0.3, -0.25) is 0 Å². The van der Waals surface area contributed by atoms with Crippen LogP contribution >= 0.6 is 15.9 Å². The number of carbonyl (C=O) groups is 1. The van der Waals surface area contributed by atoms with E-state index >= 15 is 0 Å². The second kappa shape index (κ2) is 9.95. The van der Waals surface area contributed by atoms with Crippen molar-refractivity contribution in [1.82, 2.24) is 5.32 Å². The molecule has 6 rings (SSSR count). The summed E-state index contributed by atoms with van der Waals surface area (Å²) in [5, 5.41) is 14.9. The van der Waals surface area contributed by atoms with E-state index in [1.807, 2.05) is 6.92 Å². The van der Waals surface area contributed by atoms with E-state index < -0.39 is 0 Å². The van der Waals surface area contributed by atoms with E-state index in [0.717, 1.165) is 97.9 Å². The molecule has 8 bridgehead atoms. The van der Waals surface area contributed by atoms with Gasteiger partial charge < -0.3 is 15.2 Å². The molecule has 0 saturated carbocycles. The second-order valence-electron chi connectivity index (χ2n) is 11.3. The molecule has 7 heteroatoms. The van der Waals surface area contributed by atoms with Crippen molar-refractivity contribution in [3.63, 3.8) is 0 Å². The zero-order valence-corrected chi connectivity index (χ0v) is 25.6. The highest BCUT2D eigenvalue weighted by molar-refractivity contribution is 9.12. The Morgan fingerprint density at radius 1 is 0.975 bits per heavy atom. The number of nitrogens with zero attached hydrogens (tertiary/aromatic N) is 3. The van der Waals surface area contributed by atoms with Crippen LogP contribution < -0.4 is 5.32 Å². The number of aliphatic imine (C=N–C) groups is 3. The van der Waals surface area contributed by atoms with Gasteiger partial charge in [0.25, 0.3) is 0 Å². The summed E-state index contributed by atoms with van der Waals surface area (Å²) >= 11 is 3.95. The maximum Gasteiger partial charge on any atom is 0.120 e. The highest BCUT2D eigenvalue weighted by Crippen LogP contribution is 2.47. The van der Waals surface area contributed by atoms with Gasteiger partial charge >= 0.3 is 0 Å². The molecule has 5 aliphatic heterocycles. The van der Waals surface area contributed by atoms with Crippen LogP contribution in [0.2, 0.25) is 0 Å². The van der Waals surface area contributed by atoms with Gasteiger partial charge in [0.1, 0.15) is 12.0 Å². The lowest BCUT2D eigenvalue weighted by molar-refractivity contribution is -0.108. The van der Waals surface area contributed by atoms with Crippen LogP contribution in [0.4, 0.5) is 0 Å². The van der Waals surface area contributed by atoms with Gasteiger partial charge in [-0.05, 0) is 96.0 Å². The largest absolute Gasteiger partial charge is 0.511 e. The topological polar surface area (TPSA) is 86.4 Å². The first-order valence-corrected chi connectivity index (χ1v) is 15.1. The van der Waals surface area contributed by atoms with Crippen LogP contribution in [-0.2, 0) is 4.79 Å². The summed E-state index contributed by atoms with van der Waals surface area (Å²) in [6.45, 7) is 12.9. The fourth-order valence-electron chi connectivity index (χ4n) is 6.95. The van der Waals surface area contributed by atoms with Crippen molar-refractivity contribution >= 4 is 39.4 Å². The van der Waals surface area contributed by atoms with E-state index in [1.165, 1.54) is 16.7 Å². The number of aliphatic hydroxyl groups is 1. The first-order chi connectivity index (χ1) is 19.2. The standard InChI is InChI=1S/C33H35BrN4O2/c1-7-19-15(3)23-13-26-20(8-2)16(4)30(37-26)29(34)31-17(5)21(10-9-11-39)32(38-31)22-12-27(40)28-18(6)24(36-33(22)28)14-25(19)35-23/h11,13-14,17,21,38,40H,7-10,12H2,1-6H3/t17-,21-/m0/s1. The SMILES string of the molecule is CCC1=C(C)C2=NC1=CC1=C(C)C3=C(O)CC(=C4NC(=C(Br)C5=NC(=C2)C(CC)=C5C)[C@@H](C)[C@@H]4CCC=O)C3=N1. The molecule has 6 aliphatic rings. The first-order valence-electron chi connectivity index (χ1n) is 14.3. The Morgan fingerprint density at radius 3 is 2.38 bits per heavy atom.